The molecule has 120 valence electrons. The number of hydrogen-bond acceptors (Lipinski definition) is 6. The Morgan fingerprint density at radius 3 is 2.12 bits per heavy atom. The number of carbonyl (C=O) groups is 1. The maximum absolute atomic E-state index is 11.0. The molecular weight excluding hydrogens is 322 g/mol. The summed E-state index contributed by atoms with van der Waals surface area (Å²) in [6, 6.07) is 7.85. The van der Waals surface area contributed by atoms with E-state index >= 15 is 0 Å². The van der Waals surface area contributed by atoms with Crippen LogP contribution in [0.1, 0.15) is 18.1 Å². The van der Waals surface area contributed by atoms with Gasteiger partial charge >= 0.3 is 5.97 Å². The smallest absolute Gasteiger partial charge is 0.319 e. The first-order valence-corrected chi connectivity index (χ1v) is 8.13. The summed E-state index contributed by atoms with van der Waals surface area (Å²) in [6.07, 6.45) is 8.64. The first-order chi connectivity index (χ1) is 11.7. The van der Waals surface area contributed by atoms with Crippen LogP contribution in [0.2, 0.25) is 0 Å². The minimum atomic E-state index is -0.445. The van der Waals surface area contributed by atoms with Crippen molar-refractivity contribution in [2.45, 2.75) is 13.8 Å². The number of aromatic nitrogens is 2. The molecule has 0 N–H and O–H groups in total. The molecule has 0 atom stereocenters. The van der Waals surface area contributed by atoms with Crippen LogP contribution >= 0.6 is 11.3 Å². The van der Waals surface area contributed by atoms with E-state index in [2.05, 4.69) is 15.1 Å². The Bertz CT molecular complexity index is 874. The summed E-state index contributed by atoms with van der Waals surface area (Å²) in [5.41, 5.74) is 4.14. The van der Waals surface area contributed by atoms with Crippen LogP contribution in [0.5, 0.6) is 0 Å². The van der Waals surface area contributed by atoms with E-state index in [9.17, 15) is 4.79 Å². The SMILES string of the molecule is CC(=O)ON=Cc1c(-c2ccncc2)sc(-c2ccncc2)c1C. The number of hydrogen-bond donors (Lipinski definition) is 0. The Hall–Kier alpha value is -2.86. The molecule has 5 nitrogen and oxygen atoms in total. The molecule has 0 aliphatic heterocycles. The van der Waals surface area contributed by atoms with Gasteiger partial charge in [-0.2, -0.15) is 0 Å². The molecule has 0 saturated carbocycles. The highest BCUT2D eigenvalue weighted by molar-refractivity contribution is 7.19. The fraction of sp³-hybridized carbons (Fsp3) is 0.111. The van der Waals surface area contributed by atoms with Gasteiger partial charge < -0.3 is 4.84 Å². The average molecular weight is 337 g/mol. The lowest BCUT2D eigenvalue weighted by molar-refractivity contribution is -0.140. The third-order valence-corrected chi connectivity index (χ3v) is 4.85. The van der Waals surface area contributed by atoms with Crippen LogP contribution in [0.4, 0.5) is 0 Å². The van der Waals surface area contributed by atoms with Gasteiger partial charge in [0.25, 0.3) is 0 Å². The molecule has 0 amide bonds. The molecule has 0 saturated heterocycles. The quantitative estimate of drug-likeness (QED) is 0.409. The van der Waals surface area contributed by atoms with Crippen molar-refractivity contribution in [2.24, 2.45) is 5.16 Å². The fourth-order valence-electron chi connectivity index (χ4n) is 2.33. The van der Waals surface area contributed by atoms with Crippen molar-refractivity contribution in [3.8, 4) is 20.9 Å². The Labute approximate surface area is 143 Å². The molecule has 0 spiro atoms. The first kappa shape index (κ1) is 16.0. The van der Waals surface area contributed by atoms with E-state index in [1.165, 1.54) is 6.92 Å². The standard InChI is InChI=1S/C18H15N3O2S/c1-12-16(11-21-23-13(2)22)18(15-5-9-20-10-6-15)24-17(12)14-3-7-19-8-4-14/h3-11H,1-2H3. The molecular formula is C18H15N3O2S. The number of nitrogens with zero attached hydrogens (tertiary/aromatic N) is 3. The average Bonchev–Trinajstić information content (AvgIpc) is 2.93. The van der Waals surface area contributed by atoms with Crippen LogP contribution in [0.25, 0.3) is 20.9 Å². The molecule has 0 aromatic carbocycles. The van der Waals surface area contributed by atoms with Crippen molar-refractivity contribution in [1.29, 1.82) is 0 Å². The molecule has 0 fully saturated rings. The fourth-order valence-corrected chi connectivity index (χ4v) is 3.62. The van der Waals surface area contributed by atoms with Gasteiger partial charge in [-0.25, -0.2) is 4.79 Å². The summed E-state index contributed by atoms with van der Waals surface area (Å²) < 4.78 is 0. The number of pyridine rings is 2. The summed E-state index contributed by atoms with van der Waals surface area (Å²) in [5.74, 6) is -0.445. The molecule has 3 rings (SSSR count). The Morgan fingerprint density at radius 2 is 1.58 bits per heavy atom. The van der Waals surface area contributed by atoms with Crippen molar-refractivity contribution in [3.63, 3.8) is 0 Å². The van der Waals surface area contributed by atoms with Crippen LogP contribution in [-0.2, 0) is 9.63 Å². The lowest BCUT2D eigenvalue weighted by atomic mass is 10.0. The van der Waals surface area contributed by atoms with Gasteiger partial charge in [-0.05, 0) is 47.9 Å². The van der Waals surface area contributed by atoms with E-state index in [1.54, 1.807) is 42.3 Å². The molecule has 0 bridgehead atoms. The van der Waals surface area contributed by atoms with E-state index in [4.69, 9.17) is 4.84 Å². The monoisotopic (exact) mass is 337 g/mol. The zero-order valence-corrected chi connectivity index (χ0v) is 14.1. The predicted molar refractivity (Wildman–Crippen MR) is 94.9 cm³/mol. The van der Waals surface area contributed by atoms with Gasteiger partial charge in [-0.15, -0.1) is 11.3 Å². The van der Waals surface area contributed by atoms with Crippen LogP contribution in [0.15, 0.2) is 54.2 Å². The number of thiophene rings is 1. The Morgan fingerprint density at radius 1 is 1.04 bits per heavy atom. The Kier molecular flexibility index (Phi) is 4.77. The van der Waals surface area contributed by atoms with E-state index in [0.717, 1.165) is 32.0 Å². The van der Waals surface area contributed by atoms with Crippen molar-refractivity contribution in [3.05, 3.63) is 60.2 Å². The third kappa shape index (κ3) is 3.38. The van der Waals surface area contributed by atoms with Gasteiger partial charge in [0.1, 0.15) is 0 Å². The van der Waals surface area contributed by atoms with Gasteiger partial charge in [0.2, 0.25) is 0 Å². The third-order valence-electron chi connectivity index (χ3n) is 3.44. The molecule has 0 aliphatic carbocycles. The summed E-state index contributed by atoms with van der Waals surface area (Å²) >= 11 is 1.66. The number of carbonyl (C=O) groups excluding carboxylic acids is 1. The van der Waals surface area contributed by atoms with Gasteiger partial charge in [0.15, 0.2) is 0 Å². The lowest BCUT2D eigenvalue weighted by Gasteiger charge is -2.00. The molecule has 3 aromatic heterocycles. The molecule has 0 aliphatic rings. The molecule has 3 heterocycles. The zero-order chi connectivity index (χ0) is 16.9. The maximum atomic E-state index is 11.0. The van der Waals surface area contributed by atoms with Gasteiger partial charge in [0, 0.05) is 47.0 Å². The minimum absolute atomic E-state index is 0.445. The largest absolute Gasteiger partial charge is 0.331 e. The topological polar surface area (TPSA) is 64.4 Å². The number of oxime groups is 1. The molecule has 6 heteroatoms. The summed E-state index contributed by atoms with van der Waals surface area (Å²) in [4.78, 5) is 26.0. The highest BCUT2D eigenvalue weighted by Crippen LogP contribution is 2.40. The molecule has 0 unspecified atom stereocenters. The van der Waals surface area contributed by atoms with E-state index in [-0.39, 0.29) is 0 Å². The van der Waals surface area contributed by atoms with Crippen LogP contribution in [0, 0.1) is 6.92 Å². The molecule has 3 aromatic rings. The second-order valence-electron chi connectivity index (χ2n) is 5.09. The van der Waals surface area contributed by atoms with Crippen molar-refractivity contribution in [1.82, 2.24) is 9.97 Å². The van der Waals surface area contributed by atoms with Crippen molar-refractivity contribution < 1.29 is 9.63 Å². The molecule has 0 radical (unpaired) electrons. The van der Waals surface area contributed by atoms with Gasteiger partial charge in [0.05, 0.1) is 6.21 Å². The second kappa shape index (κ2) is 7.14. The predicted octanol–water partition coefficient (Wildman–Crippen LogP) is 4.08. The lowest BCUT2D eigenvalue weighted by Crippen LogP contribution is -1.93. The second-order valence-corrected chi connectivity index (χ2v) is 6.11. The van der Waals surface area contributed by atoms with Crippen LogP contribution < -0.4 is 0 Å². The Balaban J connectivity index is 2.12. The van der Waals surface area contributed by atoms with Crippen molar-refractivity contribution in [2.75, 3.05) is 0 Å². The van der Waals surface area contributed by atoms with E-state index in [0.29, 0.717) is 0 Å². The summed E-state index contributed by atoms with van der Waals surface area (Å²) in [7, 11) is 0. The van der Waals surface area contributed by atoms with Crippen molar-refractivity contribution >= 4 is 23.5 Å². The van der Waals surface area contributed by atoms with E-state index < -0.39 is 5.97 Å². The first-order valence-electron chi connectivity index (χ1n) is 7.32. The number of rotatable bonds is 4. The minimum Gasteiger partial charge on any atom is -0.319 e. The van der Waals surface area contributed by atoms with Gasteiger partial charge in [-0.1, -0.05) is 5.16 Å². The molecule has 24 heavy (non-hydrogen) atoms. The zero-order valence-electron chi connectivity index (χ0n) is 13.3. The summed E-state index contributed by atoms with van der Waals surface area (Å²) in [6.45, 7) is 3.36. The van der Waals surface area contributed by atoms with Crippen LogP contribution in [0.3, 0.4) is 0 Å². The maximum Gasteiger partial charge on any atom is 0.331 e. The highest BCUT2D eigenvalue weighted by atomic mass is 32.1. The summed E-state index contributed by atoms with van der Waals surface area (Å²) in [5, 5.41) is 3.80. The van der Waals surface area contributed by atoms with Crippen LogP contribution in [-0.4, -0.2) is 22.2 Å². The van der Waals surface area contributed by atoms with E-state index in [1.807, 2.05) is 31.2 Å². The highest BCUT2D eigenvalue weighted by Gasteiger charge is 2.16. The normalized spacial score (nSPS) is 10.9. The van der Waals surface area contributed by atoms with Gasteiger partial charge in [-0.3, -0.25) is 9.97 Å².